The molecule has 2 N–H and O–H groups in total. The van der Waals surface area contributed by atoms with E-state index in [-0.39, 0.29) is 0 Å². The number of hydrogen-bond donors (Lipinski definition) is 1. The molecule has 2 aromatic heterocycles. The van der Waals surface area contributed by atoms with Gasteiger partial charge in [0.2, 0.25) is 10.1 Å². The molecule has 7 heteroatoms. The number of hydrogen-bond acceptors (Lipinski definition) is 6. The summed E-state index contributed by atoms with van der Waals surface area (Å²) in [6, 6.07) is 7.67. The third-order valence-electron chi connectivity index (χ3n) is 2.43. The van der Waals surface area contributed by atoms with Crippen LogP contribution in [-0.2, 0) is 0 Å². The van der Waals surface area contributed by atoms with Crippen LogP contribution in [0.4, 0.5) is 5.13 Å². The van der Waals surface area contributed by atoms with Crippen molar-refractivity contribution in [2.45, 2.75) is 6.92 Å². The van der Waals surface area contributed by atoms with E-state index < -0.39 is 0 Å². The van der Waals surface area contributed by atoms with Crippen molar-refractivity contribution in [2.75, 3.05) is 12.3 Å². The third-order valence-corrected chi connectivity index (χ3v) is 3.16. The molecule has 3 aromatic rings. The second-order valence-electron chi connectivity index (χ2n) is 3.59. The maximum atomic E-state index is 5.67. The van der Waals surface area contributed by atoms with Gasteiger partial charge in [-0.2, -0.15) is 4.52 Å². The van der Waals surface area contributed by atoms with Crippen LogP contribution in [0.2, 0.25) is 0 Å². The number of anilines is 1. The van der Waals surface area contributed by atoms with E-state index in [1.54, 1.807) is 4.52 Å². The van der Waals surface area contributed by atoms with Crippen molar-refractivity contribution in [3.05, 3.63) is 24.3 Å². The maximum Gasteiger partial charge on any atom is 0.236 e. The number of rotatable bonds is 3. The standard InChI is InChI=1S/C11H11N5OS/c1-2-17-8-6-4-3-5-7(8)9-13-14-11-16(9)15-10(12)18-11/h3-6H,2H2,1H3,(H2,12,15). The Morgan fingerprint density at radius 1 is 1.33 bits per heavy atom. The van der Waals surface area contributed by atoms with Crippen molar-refractivity contribution in [3.63, 3.8) is 0 Å². The van der Waals surface area contributed by atoms with Gasteiger partial charge in [0.05, 0.1) is 12.2 Å². The Hall–Kier alpha value is -2.15. The molecule has 18 heavy (non-hydrogen) atoms. The minimum Gasteiger partial charge on any atom is -0.493 e. The Morgan fingerprint density at radius 3 is 3.00 bits per heavy atom. The summed E-state index contributed by atoms with van der Waals surface area (Å²) in [5.41, 5.74) is 6.52. The zero-order chi connectivity index (χ0) is 12.5. The van der Waals surface area contributed by atoms with Gasteiger partial charge in [-0.3, -0.25) is 0 Å². The van der Waals surface area contributed by atoms with E-state index in [2.05, 4.69) is 15.3 Å². The summed E-state index contributed by atoms with van der Waals surface area (Å²) in [5, 5.41) is 12.8. The van der Waals surface area contributed by atoms with E-state index in [0.29, 0.717) is 22.5 Å². The molecule has 0 aliphatic heterocycles. The highest BCUT2D eigenvalue weighted by Gasteiger charge is 2.15. The van der Waals surface area contributed by atoms with Gasteiger partial charge in [-0.05, 0) is 19.1 Å². The van der Waals surface area contributed by atoms with Crippen LogP contribution in [-0.4, -0.2) is 26.4 Å². The number of para-hydroxylation sites is 1. The van der Waals surface area contributed by atoms with Gasteiger partial charge in [-0.1, -0.05) is 23.5 Å². The molecule has 0 unspecified atom stereocenters. The lowest BCUT2D eigenvalue weighted by Gasteiger charge is -2.07. The zero-order valence-corrected chi connectivity index (χ0v) is 10.5. The molecule has 0 aliphatic rings. The van der Waals surface area contributed by atoms with Gasteiger partial charge in [-0.15, -0.1) is 15.3 Å². The molecule has 0 spiro atoms. The molecule has 0 atom stereocenters. The summed E-state index contributed by atoms with van der Waals surface area (Å²) >= 11 is 1.30. The van der Waals surface area contributed by atoms with Crippen LogP contribution in [0, 0.1) is 0 Å². The Morgan fingerprint density at radius 2 is 2.17 bits per heavy atom. The number of benzene rings is 1. The third kappa shape index (κ3) is 1.68. The van der Waals surface area contributed by atoms with Crippen LogP contribution in [0.15, 0.2) is 24.3 Å². The molecule has 2 heterocycles. The van der Waals surface area contributed by atoms with E-state index in [1.165, 1.54) is 11.3 Å². The van der Waals surface area contributed by atoms with Crippen molar-refractivity contribution >= 4 is 21.4 Å². The lowest BCUT2D eigenvalue weighted by atomic mass is 10.2. The van der Waals surface area contributed by atoms with Crippen LogP contribution in [0.1, 0.15) is 6.92 Å². The monoisotopic (exact) mass is 261 g/mol. The van der Waals surface area contributed by atoms with Gasteiger partial charge in [0.15, 0.2) is 5.82 Å². The molecule has 0 bridgehead atoms. The fourth-order valence-corrected chi connectivity index (χ4v) is 2.34. The van der Waals surface area contributed by atoms with Crippen LogP contribution in [0.5, 0.6) is 5.75 Å². The van der Waals surface area contributed by atoms with E-state index in [4.69, 9.17) is 10.5 Å². The Labute approximate surface area is 107 Å². The molecule has 0 fully saturated rings. The first kappa shape index (κ1) is 11.0. The molecule has 92 valence electrons. The van der Waals surface area contributed by atoms with Crippen molar-refractivity contribution in [1.82, 2.24) is 19.8 Å². The fraction of sp³-hybridized carbons (Fsp3) is 0.182. The van der Waals surface area contributed by atoms with Crippen molar-refractivity contribution < 1.29 is 4.74 Å². The summed E-state index contributed by atoms with van der Waals surface area (Å²) in [5.74, 6) is 1.41. The molecule has 0 saturated heterocycles. The minimum absolute atomic E-state index is 0.468. The molecule has 6 nitrogen and oxygen atoms in total. The summed E-state index contributed by atoms with van der Waals surface area (Å²) < 4.78 is 7.22. The predicted molar refractivity (Wildman–Crippen MR) is 69.7 cm³/mol. The van der Waals surface area contributed by atoms with E-state index in [9.17, 15) is 0 Å². The van der Waals surface area contributed by atoms with Crippen molar-refractivity contribution in [1.29, 1.82) is 0 Å². The SMILES string of the molecule is CCOc1ccccc1-c1nnc2sc(N)nn12. The maximum absolute atomic E-state index is 5.67. The lowest BCUT2D eigenvalue weighted by Crippen LogP contribution is -1.97. The van der Waals surface area contributed by atoms with Crippen LogP contribution in [0.3, 0.4) is 0 Å². The predicted octanol–water partition coefficient (Wildman–Crippen LogP) is 1.83. The number of nitrogens with zero attached hydrogens (tertiary/aromatic N) is 4. The summed E-state index contributed by atoms with van der Waals surface area (Å²) in [6.07, 6.45) is 0. The molecule has 1 aromatic carbocycles. The molecule has 0 radical (unpaired) electrons. The van der Waals surface area contributed by atoms with Crippen molar-refractivity contribution in [3.8, 4) is 17.1 Å². The first-order valence-corrected chi connectivity index (χ1v) is 6.31. The molecule has 0 aliphatic carbocycles. The molecule has 0 saturated carbocycles. The Bertz CT molecular complexity index is 690. The number of nitrogen functional groups attached to an aromatic ring is 1. The number of ether oxygens (including phenoxy) is 1. The fourth-order valence-electron chi connectivity index (χ4n) is 1.73. The average molecular weight is 261 g/mol. The molecule has 0 amide bonds. The first-order chi connectivity index (χ1) is 8.79. The van der Waals surface area contributed by atoms with Crippen molar-refractivity contribution in [2.24, 2.45) is 0 Å². The number of aromatic nitrogens is 4. The molecular weight excluding hydrogens is 250 g/mol. The first-order valence-electron chi connectivity index (χ1n) is 5.49. The van der Waals surface area contributed by atoms with E-state index in [1.807, 2.05) is 31.2 Å². The van der Waals surface area contributed by atoms with Gasteiger partial charge in [-0.25, -0.2) is 0 Å². The zero-order valence-electron chi connectivity index (χ0n) is 9.70. The van der Waals surface area contributed by atoms with Crippen LogP contribution < -0.4 is 10.5 Å². The second kappa shape index (κ2) is 4.26. The van der Waals surface area contributed by atoms with Gasteiger partial charge in [0, 0.05) is 0 Å². The largest absolute Gasteiger partial charge is 0.493 e. The highest BCUT2D eigenvalue weighted by atomic mass is 32.1. The average Bonchev–Trinajstić information content (AvgIpc) is 2.89. The second-order valence-corrected chi connectivity index (χ2v) is 4.58. The van der Waals surface area contributed by atoms with Gasteiger partial charge in [0.1, 0.15) is 5.75 Å². The summed E-state index contributed by atoms with van der Waals surface area (Å²) in [6.45, 7) is 2.54. The minimum atomic E-state index is 0.468. The molecular formula is C11H11N5OS. The summed E-state index contributed by atoms with van der Waals surface area (Å²) in [4.78, 5) is 0.675. The topological polar surface area (TPSA) is 78.3 Å². The highest BCUT2D eigenvalue weighted by Crippen LogP contribution is 2.29. The number of nitrogens with two attached hydrogens (primary N) is 1. The van der Waals surface area contributed by atoms with Gasteiger partial charge in [0.25, 0.3) is 0 Å². The van der Waals surface area contributed by atoms with Crippen LogP contribution >= 0.6 is 11.3 Å². The Balaban J connectivity index is 2.19. The van der Waals surface area contributed by atoms with Gasteiger partial charge < -0.3 is 10.5 Å². The normalized spacial score (nSPS) is 10.9. The van der Waals surface area contributed by atoms with Gasteiger partial charge >= 0.3 is 0 Å². The highest BCUT2D eigenvalue weighted by molar-refractivity contribution is 7.20. The quantitative estimate of drug-likeness (QED) is 0.778. The van der Waals surface area contributed by atoms with E-state index >= 15 is 0 Å². The smallest absolute Gasteiger partial charge is 0.236 e. The lowest BCUT2D eigenvalue weighted by molar-refractivity contribution is 0.341. The summed E-state index contributed by atoms with van der Waals surface area (Å²) in [7, 11) is 0. The van der Waals surface area contributed by atoms with E-state index in [0.717, 1.165) is 11.3 Å². The number of fused-ring (bicyclic) bond motifs is 1. The Kier molecular flexibility index (Phi) is 2.60. The van der Waals surface area contributed by atoms with Crippen LogP contribution in [0.25, 0.3) is 16.3 Å². The molecule has 3 rings (SSSR count).